The van der Waals surface area contributed by atoms with Gasteiger partial charge in [0.15, 0.2) is 5.69 Å². The van der Waals surface area contributed by atoms with Gasteiger partial charge in [-0.05, 0) is 59.9 Å². The van der Waals surface area contributed by atoms with Crippen molar-refractivity contribution in [2.24, 2.45) is 0 Å². The minimum atomic E-state index is -0.209. The zero-order valence-corrected chi connectivity index (χ0v) is 71.2. The number of carbonyl (C=O) groups excluding carboxylic acids is 5. The molecule has 5 aromatic carbocycles. The lowest BCUT2D eigenvalue weighted by Gasteiger charge is -2.27. The van der Waals surface area contributed by atoms with Crippen LogP contribution in [0.4, 0.5) is 0 Å². The molecule has 0 saturated carbocycles. The Balaban J connectivity index is 0.000000118. The molecule has 15 heterocycles. The molecule has 0 spiro atoms. The molecule has 0 N–H and O–H groups in total. The van der Waals surface area contributed by atoms with Crippen molar-refractivity contribution in [2.75, 3.05) is 39.8 Å². The largest absolute Gasteiger partial charge is 0.479 e. The topological polar surface area (TPSA) is 362 Å². The number of hydrogen-bond donors (Lipinski definition) is 0. The van der Waals surface area contributed by atoms with E-state index in [1.54, 1.807) is 86.8 Å². The van der Waals surface area contributed by atoms with Gasteiger partial charge in [0.1, 0.15) is 50.2 Å². The number of benzene rings is 5. The highest BCUT2D eigenvalue weighted by Crippen LogP contribution is 2.28. The number of aromatic nitrogens is 19. The highest BCUT2D eigenvalue weighted by atomic mass is 16.5. The van der Waals surface area contributed by atoms with E-state index in [1.165, 1.54) is 25.7 Å². The number of ether oxygens (including phenoxy) is 6. The molecule has 10 aromatic heterocycles. The van der Waals surface area contributed by atoms with E-state index in [1.807, 2.05) is 218 Å². The summed E-state index contributed by atoms with van der Waals surface area (Å²) in [7, 11) is 1.47. The Morgan fingerprint density at radius 3 is 0.977 bits per heavy atom. The number of hydrogen-bond acceptors (Lipinski definition) is 25. The van der Waals surface area contributed by atoms with Gasteiger partial charge in [-0.1, -0.05) is 158 Å². The lowest BCUT2D eigenvalue weighted by Crippen LogP contribution is -2.39. The van der Waals surface area contributed by atoms with Crippen molar-refractivity contribution in [2.45, 2.75) is 112 Å². The molecule has 654 valence electrons. The maximum atomic E-state index is 12.8. The number of fused-ring (bicyclic) bond motifs is 5. The fraction of sp³-hybridized carbons (Fsp3) is 0.245. The number of nitrogens with zero attached hydrogens (tertiary/aromatic N) is 24. The average Bonchev–Trinajstić information content (AvgIpc) is 1.74. The van der Waals surface area contributed by atoms with Gasteiger partial charge in [-0.15, -0.1) is 25.5 Å². The van der Waals surface area contributed by atoms with E-state index in [2.05, 4.69) is 70.3 Å². The maximum Gasteiger partial charge on any atom is 0.292 e. The van der Waals surface area contributed by atoms with Crippen molar-refractivity contribution >= 4 is 29.5 Å². The van der Waals surface area contributed by atoms with Crippen LogP contribution in [0.15, 0.2) is 262 Å². The normalized spacial score (nSPS) is 13.3. The van der Waals surface area contributed by atoms with Gasteiger partial charge in [0, 0.05) is 113 Å². The lowest BCUT2D eigenvalue weighted by atomic mass is 10.2. The number of rotatable bonds is 21. The van der Waals surface area contributed by atoms with Gasteiger partial charge < -0.3 is 52.9 Å². The van der Waals surface area contributed by atoms with Gasteiger partial charge in [-0.3, -0.25) is 57.3 Å². The van der Waals surface area contributed by atoms with Crippen molar-refractivity contribution in [3.63, 3.8) is 0 Å². The van der Waals surface area contributed by atoms with Crippen molar-refractivity contribution in [1.82, 2.24) is 118 Å². The van der Waals surface area contributed by atoms with Crippen LogP contribution in [0.2, 0.25) is 0 Å². The van der Waals surface area contributed by atoms with E-state index in [0.717, 1.165) is 62.0 Å². The lowest BCUT2D eigenvalue weighted by molar-refractivity contribution is 0.0687. The van der Waals surface area contributed by atoms with Gasteiger partial charge >= 0.3 is 0 Å². The minimum absolute atomic E-state index is 0.0557. The summed E-state index contributed by atoms with van der Waals surface area (Å²) in [5.41, 5.74) is 12.5. The second-order valence-electron chi connectivity index (χ2n) is 30.3. The molecule has 15 aromatic rings. The van der Waals surface area contributed by atoms with Crippen LogP contribution in [0, 0.1) is 13.8 Å². The average molecular weight is 1730 g/mol. The molecule has 35 heteroatoms. The Morgan fingerprint density at radius 1 is 0.295 bits per heavy atom. The molecule has 0 radical (unpaired) electrons. The van der Waals surface area contributed by atoms with E-state index in [9.17, 15) is 24.0 Å². The molecule has 0 aliphatic carbocycles. The Hall–Kier alpha value is -16.2. The summed E-state index contributed by atoms with van der Waals surface area (Å²) in [6, 6.07) is 66.3. The number of methoxy groups -OCH3 is 1. The molecule has 0 bridgehead atoms. The van der Waals surface area contributed by atoms with Crippen LogP contribution in [0.5, 0.6) is 35.3 Å². The van der Waals surface area contributed by atoms with Crippen LogP contribution in [-0.2, 0) is 98.5 Å². The fourth-order valence-corrected chi connectivity index (χ4v) is 14.4. The van der Waals surface area contributed by atoms with Gasteiger partial charge in [0.25, 0.3) is 29.5 Å². The molecule has 0 saturated heterocycles. The summed E-state index contributed by atoms with van der Waals surface area (Å²) in [6.07, 6.45) is 14.0. The summed E-state index contributed by atoms with van der Waals surface area (Å²) < 4.78 is 43.5. The smallest absolute Gasteiger partial charge is 0.292 e. The molecule has 5 aliphatic rings. The number of pyridine rings is 1. The van der Waals surface area contributed by atoms with E-state index < -0.39 is 0 Å². The van der Waals surface area contributed by atoms with E-state index >= 15 is 0 Å². The zero-order valence-electron chi connectivity index (χ0n) is 71.2. The van der Waals surface area contributed by atoms with E-state index in [0.29, 0.717) is 183 Å². The van der Waals surface area contributed by atoms with Crippen LogP contribution >= 0.6 is 0 Å². The standard InChI is InChI=1S/C19H19N5O3.2C19H19N5O2.C19H18N4O2.C18H17N5O2/c1-26-18-17(20-7-8-21-18)19(25)23-9-10-24-15(12-23)11-16(22-24)27-13-14-5-3-2-4-6-14;1-14-20-10-16(11-21-14)19(25)23-7-8-24-17(12-23)9-18(22-24)26-13-15-5-3-2-4-6-15;1-14-10-21-17(11-20-14)19(25)23-7-8-24-16(12-23)9-18(22-24)26-13-15-5-3-2-4-6-15;24-19(17-8-4-5-9-20-17)22-10-11-23-16(13-22)12-18(21-23)25-14-15-6-2-1-3-7-15;24-18(17-19-7-4-8-20-17)22-9-10-23-15(12-22)11-16(21-23)25-13-14-5-2-1-3-6-14/h2-8,11H,9-10,12-13H2,1H3;2*2-6,9-11H,7-8,12-13H2,1H3;1-9,12H,10-11,13-14H2;1-8,11H,9-10,12-13H2. The van der Waals surface area contributed by atoms with Gasteiger partial charge in [-0.25, -0.2) is 34.9 Å². The number of carbonyl (C=O) groups is 5. The summed E-state index contributed by atoms with van der Waals surface area (Å²) in [5.74, 6) is 3.36. The second kappa shape index (κ2) is 42.0. The molecule has 5 amide bonds. The Kier molecular flexibility index (Phi) is 28.1. The summed E-state index contributed by atoms with van der Waals surface area (Å²) in [6.45, 7) is 14.4. The SMILES string of the molecule is COc1nccnc1C(=O)N1CCn2nc(OCc3ccccc3)cc2C1.Cc1cnc(C(=O)N2CCn3nc(OCc4ccccc4)cc3C2)cn1.Cc1ncc(C(=O)N2CCn3nc(OCc4ccccc4)cc3C2)cn1.O=C(c1ccccn1)N1CCn2nc(OCc3ccccc3)cc2C1.O=C(c1ncccn1)N1CCn2nc(OCc3ccccc3)cc2C1. The van der Waals surface area contributed by atoms with Crippen molar-refractivity contribution < 1.29 is 52.4 Å². The van der Waals surface area contributed by atoms with Crippen LogP contribution < -0.4 is 28.4 Å². The van der Waals surface area contributed by atoms with Gasteiger partial charge in [0.05, 0.1) is 118 Å². The number of aryl methyl sites for hydroxylation is 2. The molecule has 0 unspecified atom stereocenters. The van der Waals surface area contributed by atoms with Gasteiger partial charge in [-0.2, -0.15) is 0 Å². The predicted octanol–water partition coefficient (Wildman–Crippen LogP) is 10.8. The third-order valence-electron chi connectivity index (χ3n) is 21.2. The highest BCUT2D eigenvalue weighted by Gasteiger charge is 2.32. The van der Waals surface area contributed by atoms with Crippen LogP contribution in [0.1, 0.15) is 120 Å². The summed E-state index contributed by atoms with van der Waals surface area (Å²) in [5, 5.41) is 22.3. The molecular weight excluding hydrogens is 1640 g/mol. The molecule has 20 rings (SSSR count). The van der Waals surface area contributed by atoms with Crippen molar-refractivity contribution in [3.8, 4) is 35.3 Å². The summed E-state index contributed by atoms with van der Waals surface area (Å²) >= 11 is 0. The third-order valence-corrected chi connectivity index (χ3v) is 21.2. The number of amides is 5. The van der Waals surface area contributed by atoms with Crippen LogP contribution in [-0.4, -0.2) is 188 Å². The maximum absolute atomic E-state index is 12.8. The Morgan fingerprint density at radius 2 is 0.628 bits per heavy atom. The first-order valence-electron chi connectivity index (χ1n) is 41.9. The highest BCUT2D eigenvalue weighted by molar-refractivity contribution is 5.95. The second-order valence-corrected chi connectivity index (χ2v) is 30.3. The molecular formula is C94H92N24O11. The molecule has 5 aliphatic heterocycles. The fourth-order valence-electron chi connectivity index (χ4n) is 14.4. The van der Waals surface area contributed by atoms with E-state index in [4.69, 9.17) is 28.4 Å². The molecule has 35 nitrogen and oxygen atoms in total. The minimum Gasteiger partial charge on any atom is -0.479 e. The van der Waals surface area contributed by atoms with Crippen molar-refractivity contribution in [1.29, 1.82) is 0 Å². The van der Waals surface area contributed by atoms with Crippen LogP contribution in [0.25, 0.3) is 0 Å². The molecule has 129 heavy (non-hydrogen) atoms. The monoisotopic (exact) mass is 1730 g/mol. The Labute approximate surface area is 742 Å². The third kappa shape index (κ3) is 22.9. The first kappa shape index (κ1) is 86.3. The quantitative estimate of drug-likeness (QED) is 0.0645. The molecule has 0 fully saturated rings. The van der Waals surface area contributed by atoms with Crippen molar-refractivity contribution in [3.05, 3.63) is 358 Å². The van der Waals surface area contributed by atoms with Crippen LogP contribution in [0.3, 0.4) is 0 Å². The summed E-state index contributed by atoms with van der Waals surface area (Å²) in [4.78, 5) is 109. The van der Waals surface area contributed by atoms with Gasteiger partial charge in [0.2, 0.25) is 41.1 Å². The molecule has 0 atom stereocenters. The Bertz CT molecular complexity index is 5930. The first-order valence-corrected chi connectivity index (χ1v) is 41.9. The van der Waals surface area contributed by atoms with E-state index in [-0.39, 0.29) is 46.9 Å². The zero-order chi connectivity index (χ0) is 88.6. The first-order chi connectivity index (χ1) is 63.2. The predicted molar refractivity (Wildman–Crippen MR) is 467 cm³/mol.